The summed E-state index contributed by atoms with van der Waals surface area (Å²) in [6.07, 6.45) is 10.3. The van der Waals surface area contributed by atoms with E-state index in [0.717, 1.165) is 5.70 Å². The summed E-state index contributed by atoms with van der Waals surface area (Å²) in [5.41, 5.74) is 2.08. The molecular weight excluding hydrogens is 198 g/mol. The molecule has 16 heavy (non-hydrogen) atoms. The predicted molar refractivity (Wildman–Crippen MR) is 67.8 cm³/mol. The Balaban J connectivity index is 2.93. The van der Waals surface area contributed by atoms with Gasteiger partial charge in [-0.2, -0.15) is 0 Å². The van der Waals surface area contributed by atoms with Gasteiger partial charge in [-0.25, -0.2) is 0 Å². The van der Waals surface area contributed by atoms with Crippen LogP contribution in [0, 0.1) is 0 Å². The summed E-state index contributed by atoms with van der Waals surface area (Å²) >= 11 is 0. The summed E-state index contributed by atoms with van der Waals surface area (Å²) in [5, 5.41) is 0. The van der Waals surface area contributed by atoms with E-state index in [1.807, 2.05) is 37.8 Å². The van der Waals surface area contributed by atoms with Gasteiger partial charge in [-0.05, 0) is 32.4 Å². The molecule has 0 N–H and O–H groups in total. The molecule has 1 aliphatic rings. The standard InChI is InChI=1S/C14H19NO/c1-5-9-11(6-2)13-10-14(16)15(13)12(7-3)8-4/h5-9,13H,3,10H2,1-2,4H3/b9-5-,11-6+,12-8+. The van der Waals surface area contributed by atoms with Crippen LogP contribution in [-0.2, 0) is 4.79 Å². The third kappa shape index (κ3) is 2.16. The second-order valence-electron chi connectivity index (χ2n) is 3.69. The van der Waals surface area contributed by atoms with Crippen molar-refractivity contribution in [2.45, 2.75) is 33.2 Å². The normalized spacial score (nSPS) is 22.6. The number of rotatable bonds is 4. The topological polar surface area (TPSA) is 20.3 Å². The average Bonchev–Trinajstić information content (AvgIpc) is 2.30. The molecule has 1 fully saturated rings. The van der Waals surface area contributed by atoms with Gasteiger partial charge >= 0.3 is 0 Å². The summed E-state index contributed by atoms with van der Waals surface area (Å²) in [6.45, 7) is 9.64. The Bertz CT molecular complexity index is 374. The van der Waals surface area contributed by atoms with Crippen molar-refractivity contribution >= 4 is 5.91 Å². The van der Waals surface area contributed by atoms with Crippen molar-refractivity contribution in [3.05, 3.63) is 48.2 Å². The number of likely N-dealkylation sites (tertiary alicyclic amines) is 1. The molecule has 1 heterocycles. The number of allylic oxidation sites excluding steroid dienone is 4. The number of hydrogen-bond acceptors (Lipinski definition) is 1. The Hall–Kier alpha value is -1.57. The number of nitrogens with zero attached hydrogens (tertiary/aromatic N) is 1. The SMILES string of the molecule is C=C/C(=C\C)N1C(=O)CC1C(/C=C\C)=C/C. The van der Waals surface area contributed by atoms with Gasteiger partial charge in [0.15, 0.2) is 0 Å². The van der Waals surface area contributed by atoms with Crippen molar-refractivity contribution in [1.82, 2.24) is 4.90 Å². The lowest BCUT2D eigenvalue weighted by atomic mass is 9.92. The van der Waals surface area contributed by atoms with Crippen molar-refractivity contribution in [3.8, 4) is 0 Å². The van der Waals surface area contributed by atoms with E-state index in [4.69, 9.17) is 0 Å². The fraction of sp³-hybridized carbons (Fsp3) is 0.357. The highest BCUT2D eigenvalue weighted by atomic mass is 16.2. The van der Waals surface area contributed by atoms with E-state index in [9.17, 15) is 4.79 Å². The van der Waals surface area contributed by atoms with Gasteiger partial charge < -0.3 is 4.90 Å². The van der Waals surface area contributed by atoms with Gasteiger partial charge in [0.05, 0.1) is 12.5 Å². The van der Waals surface area contributed by atoms with Crippen LogP contribution < -0.4 is 0 Å². The van der Waals surface area contributed by atoms with Gasteiger partial charge in [0, 0.05) is 5.70 Å². The molecule has 0 spiro atoms. The first-order valence-corrected chi connectivity index (χ1v) is 5.59. The summed E-state index contributed by atoms with van der Waals surface area (Å²) in [6, 6.07) is 0.179. The van der Waals surface area contributed by atoms with Crippen LogP contribution in [0.25, 0.3) is 0 Å². The molecule has 1 amide bonds. The third-order valence-corrected chi connectivity index (χ3v) is 2.81. The zero-order valence-corrected chi connectivity index (χ0v) is 10.2. The van der Waals surface area contributed by atoms with Crippen molar-refractivity contribution in [2.75, 3.05) is 0 Å². The van der Waals surface area contributed by atoms with Crippen molar-refractivity contribution in [2.24, 2.45) is 0 Å². The van der Waals surface area contributed by atoms with Crippen molar-refractivity contribution in [1.29, 1.82) is 0 Å². The summed E-state index contributed by atoms with van der Waals surface area (Å²) < 4.78 is 0. The first-order valence-electron chi connectivity index (χ1n) is 5.59. The minimum atomic E-state index is 0.168. The maximum atomic E-state index is 11.6. The van der Waals surface area contributed by atoms with Gasteiger partial charge in [-0.3, -0.25) is 4.79 Å². The number of β-lactam (4-membered cyclic amide) rings is 1. The summed E-state index contributed by atoms with van der Waals surface area (Å²) in [4.78, 5) is 13.4. The first kappa shape index (κ1) is 12.5. The molecule has 0 aliphatic carbocycles. The Morgan fingerprint density at radius 2 is 2.06 bits per heavy atom. The van der Waals surface area contributed by atoms with Crippen LogP contribution >= 0.6 is 0 Å². The van der Waals surface area contributed by atoms with Crippen LogP contribution in [0.2, 0.25) is 0 Å². The Labute approximate surface area is 97.6 Å². The molecule has 1 atom stereocenters. The molecule has 0 aromatic carbocycles. The molecule has 1 aliphatic heterocycles. The molecule has 0 aromatic rings. The fourth-order valence-corrected chi connectivity index (χ4v) is 1.95. The van der Waals surface area contributed by atoms with Crippen LogP contribution in [0.3, 0.4) is 0 Å². The molecule has 0 radical (unpaired) electrons. The average molecular weight is 217 g/mol. The van der Waals surface area contributed by atoms with E-state index in [0.29, 0.717) is 6.42 Å². The Kier molecular flexibility index (Phi) is 4.29. The van der Waals surface area contributed by atoms with Crippen molar-refractivity contribution < 1.29 is 4.79 Å². The highest BCUT2D eigenvalue weighted by molar-refractivity contribution is 5.87. The van der Waals surface area contributed by atoms with E-state index in [2.05, 4.69) is 18.7 Å². The van der Waals surface area contributed by atoms with E-state index in [1.54, 1.807) is 6.08 Å². The minimum Gasteiger partial charge on any atom is -0.305 e. The largest absolute Gasteiger partial charge is 0.305 e. The molecule has 1 saturated heterocycles. The zero-order valence-electron chi connectivity index (χ0n) is 10.2. The summed E-state index contributed by atoms with van der Waals surface area (Å²) in [5.74, 6) is 0.168. The van der Waals surface area contributed by atoms with E-state index < -0.39 is 0 Å². The van der Waals surface area contributed by atoms with Crippen LogP contribution in [0.1, 0.15) is 27.2 Å². The molecule has 0 bridgehead atoms. The number of hydrogen-bond donors (Lipinski definition) is 0. The van der Waals surface area contributed by atoms with Crippen LogP contribution in [0.4, 0.5) is 0 Å². The number of carbonyl (C=O) groups is 1. The second-order valence-corrected chi connectivity index (χ2v) is 3.69. The number of amides is 1. The third-order valence-electron chi connectivity index (χ3n) is 2.81. The van der Waals surface area contributed by atoms with Gasteiger partial charge in [0.1, 0.15) is 0 Å². The lowest BCUT2D eigenvalue weighted by Gasteiger charge is -2.42. The fourth-order valence-electron chi connectivity index (χ4n) is 1.95. The lowest BCUT2D eigenvalue weighted by molar-refractivity contribution is -0.140. The van der Waals surface area contributed by atoms with Crippen LogP contribution in [0.5, 0.6) is 0 Å². The van der Waals surface area contributed by atoms with Crippen LogP contribution in [0.15, 0.2) is 48.2 Å². The van der Waals surface area contributed by atoms with Gasteiger partial charge in [-0.1, -0.05) is 30.9 Å². The quantitative estimate of drug-likeness (QED) is 0.523. The molecule has 0 aromatic heterocycles. The molecule has 1 rings (SSSR count). The van der Waals surface area contributed by atoms with Gasteiger partial charge in [0.25, 0.3) is 0 Å². The monoisotopic (exact) mass is 217 g/mol. The first-order chi connectivity index (χ1) is 7.69. The highest BCUT2D eigenvalue weighted by Crippen LogP contribution is 2.31. The molecule has 2 nitrogen and oxygen atoms in total. The maximum Gasteiger partial charge on any atom is 0.230 e. The zero-order chi connectivity index (χ0) is 12.1. The molecule has 1 unspecified atom stereocenters. The van der Waals surface area contributed by atoms with Gasteiger partial charge in [0.2, 0.25) is 5.91 Å². The van der Waals surface area contributed by atoms with E-state index in [-0.39, 0.29) is 11.9 Å². The molecule has 2 heteroatoms. The lowest BCUT2D eigenvalue weighted by Crippen LogP contribution is -2.52. The van der Waals surface area contributed by atoms with Crippen molar-refractivity contribution in [3.63, 3.8) is 0 Å². The van der Waals surface area contributed by atoms with Crippen LogP contribution in [-0.4, -0.2) is 16.8 Å². The maximum absolute atomic E-state index is 11.6. The highest BCUT2D eigenvalue weighted by Gasteiger charge is 2.38. The predicted octanol–water partition coefficient (Wildman–Crippen LogP) is 3.20. The van der Waals surface area contributed by atoms with E-state index in [1.165, 1.54) is 5.57 Å². The van der Waals surface area contributed by atoms with E-state index >= 15 is 0 Å². The second kappa shape index (κ2) is 5.50. The smallest absolute Gasteiger partial charge is 0.230 e. The molecule has 0 saturated carbocycles. The summed E-state index contributed by atoms with van der Waals surface area (Å²) in [7, 11) is 0. The Morgan fingerprint density at radius 1 is 1.38 bits per heavy atom. The minimum absolute atomic E-state index is 0.168. The molecular formula is C14H19NO. The van der Waals surface area contributed by atoms with Gasteiger partial charge in [-0.15, -0.1) is 0 Å². The Morgan fingerprint density at radius 3 is 2.44 bits per heavy atom. The number of carbonyl (C=O) groups excluding carboxylic acids is 1. The molecule has 86 valence electrons.